The molecule has 1 amide bonds. The number of aromatic nitrogens is 2. The van der Waals surface area contributed by atoms with Gasteiger partial charge in [-0.05, 0) is 31.9 Å². The van der Waals surface area contributed by atoms with Gasteiger partial charge in [-0.25, -0.2) is 14.4 Å². The molecule has 3 rings (SSSR count). The van der Waals surface area contributed by atoms with Crippen LogP contribution in [0.2, 0.25) is 0 Å². The maximum Gasteiger partial charge on any atom is 0.263 e. The third-order valence-corrected chi connectivity index (χ3v) is 5.05. The van der Waals surface area contributed by atoms with Gasteiger partial charge in [0.2, 0.25) is 0 Å². The summed E-state index contributed by atoms with van der Waals surface area (Å²) in [5.74, 6) is 0.0119. The van der Waals surface area contributed by atoms with Crippen LogP contribution in [0.25, 0.3) is 0 Å². The zero-order valence-electron chi connectivity index (χ0n) is 13.3. The smallest absolute Gasteiger partial charge is 0.263 e. The van der Waals surface area contributed by atoms with E-state index in [4.69, 9.17) is 0 Å². The molecule has 0 aliphatic carbocycles. The highest BCUT2D eigenvalue weighted by atomic mass is 32.1. The molecule has 0 bridgehead atoms. The Kier molecular flexibility index (Phi) is 4.77. The molecule has 0 spiro atoms. The number of aliphatic hydroxyl groups is 1. The molecule has 1 aliphatic rings. The number of rotatable bonds is 4. The van der Waals surface area contributed by atoms with Crippen LogP contribution in [-0.2, 0) is 0 Å². The van der Waals surface area contributed by atoms with Crippen molar-refractivity contribution in [3.05, 3.63) is 40.2 Å². The lowest BCUT2D eigenvalue weighted by atomic mass is 9.92. The maximum absolute atomic E-state index is 13.0. The number of carbonyl (C=O) groups is 1. The number of thiazole rings is 1. The predicted octanol–water partition coefficient (Wildman–Crippen LogP) is 1.75. The van der Waals surface area contributed by atoms with Crippen LogP contribution < -0.4 is 10.2 Å². The molecule has 3 heterocycles. The highest BCUT2D eigenvalue weighted by Gasteiger charge is 2.34. The van der Waals surface area contributed by atoms with E-state index in [9.17, 15) is 14.3 Å². The normalized spacial score (nSPS) is 20.9. The summed E-state index contributed by atoms with van der Waals surface area (Å²) in [6, 6.07) is 2.95. The van der Waals surface area contributed by atoms with Crippen molar-refractivity contribution in [2.45, 2.75) is 25.4 Å². The van der Waals surface area contributed by atoms with Gasteiger partial charge in [-0.2, -0.15) is 0 Å². The van der Waals surface area contributed by atoms with E-state index in [2.05, 4.69) is 15.3 Å². The van der Waals surface area contributed by atoms with Crippen molar-refractivity contribution >= 4 is 23.1 Å². The molecule has 2 aromatic heterocycles. The van der Waals surface area contributed by atoms with E-state index in [1.165, 1.54) is 17.4 Å². The van der Waals surface area contributed by atoms with E-state index in [1.54, 1.807) is 18.5 Å². The van der Waals surface area contributed by atoms with Crippen LogP contribution in [-0.4, -0.2) is 46.2 Å². The van der Waals surface area contributed by atoms with E-state index in [0.29, 0.717) is 29.4 Å². The topological polar surface area (TPSA) is 78.3 Å². The second kappa shape index (κ2) is 6.82. The third-order valence-electron chi connectivity index (χ3n) is 4.12. The van der Waals surface area contributed by atoms with E-state index < -0.39 is 11.4 Å². The Bertz CT molecular complexity index is 721. The molecule has 1 unspecified atom stereocenters. The third kappa shape index (κ3) is 3.70. The van der Waals surface area contributed by atoms with Gasteiger partial charge in [-0.1, -0.05) is 0 Å². The first kappa shape index (κ1) is 16.8. The monoisotopic (exact) mass is 350 g/mol. The van der Waals surface area contributed by atoms with Crippen LogP contribution in [0.15, 0.2) is 23.8 Å². The second-order valence-corrected chi connectivity index (χ2v) is 6.89. The van der Waals surface area contributed by atoms with Gasteiger partial charge < -0.3 is 15.3 Å². The summed E-state index contributed by atoms with van der Waals surface area (Å²) in [6.45, 7) is 3.01. The number of amides is 1. The van der Waals surface area contributed by atoms with Crippen molar-refractivity contribution in [1.29, 1.82) is 0 Å². The van der Waals surface area contributed by atoms with Crippen molar-refractivity contribution in [2.24, 2.45) is 0 Å². The first-order chi connectivity index (χ1) is 11.5. The number of carbonyl (C=O) groups excluding carboxylic acids is 1. The lowest BCUT2D eigenvalue weighted by molar-refractivity contribution is 0.0255. The summed E-state index contributed by atoms with van der Waals surface area (Å²) in [6.07, 6.45) is 2.52. The van der Waals surface area contributed by atoms with Crippen LogP contribution in [0.3, 0.4) is 0 Å². The summed E-state index contributed by atoms with van der Waals surface area (Å²) in [5.41, 5.74) is 1.27. The molecular weight excluding hydrogens is 331 g/mol. The minimum absolute atomic E-state index is 0.154. The number of β-amino-alcohol motifs (C(OH)–C–C–N with tert-alkyl or cyclic N) is 1. The van der Waals surface area contributed by atoms with Crippen molar-refractivity contribution in [2.75, 3.05) is 24.5 Å². The van der Waals surface area contributed by atoms with Gasteiger partial charge in [0, 0.05) is 19.6 Å². The Hall–Kier alpha value is -2.06. The average molecular weight is 350 g/mol. The molecule has 6 nitrogen and oxygen atoms in total. The minimum Gasteiger partial charge on any atom is -0.386 e. The zero-order chi connectivity index (χ0) is 17.2. The molecule has 2 aromatic rings. The van der Waals surface area contributed by atoms with Gasteiger partial charge in [-0.3, -0.25) is 4.79 Å². The van der Waals surface area contributed by atoms with Crippen molar-refractivity contribution in [1.82, 2.24) is 15.3 Å². The molecule has 0 aromatic carbocycles. The lowest BCUT2D eigenvalue weighted by Gasteiger charge is -2.39. The number of hydrogen-bond acceptors (Lipinski definition) is 6. The Morgan fingerprint density at radius 1 is 1.50 bits per heavy atom. The molecule has 0 radical (unpaired) electrons. The Morgan fingerprint density at radius 2 is 2.33 bits per heavy atom. The fourth-order valence-electron chi connectivity index (χ4n) is 2.85. The number of nitrogens with one attached hydrogen (secondary N) is 1. The lowest BCUT2D eigenvalue weighted by Crippen LogP contribution is -2.54. The zero-order valence-corrected chi connectivity index (χ0v) is 14.1. The summed E-state index contributed by atoms with van der Waals surface area (Å²) in [7, 11) is 0. The molecule has 1 aliphatic heterocycles. The number of pyridine rings is 1. The number of anilines is 1. The summed E-state index contributed by atoms with van der Waals surface area (Å²) >= 11 is 1.28. The molecule has 24 heavy (non-hydrogen) atoms. The highest BCUT2D eigenvalue weighted by molar-refractivity contribution is 7.11. The molecule has 1 atom stereocenters. The fraction of sp³-hybridized carbons (Fsp3) is 0.438. The van der Waals surface area contributed by atoms with Crippen LogP contribution in [0.4, 0.5) is 10.2 Å². The first-order valence-corrected chi connectivity index (χ1v) is 8.62. The Balaban J connectivity index is 1.63. The predicted molar refractivity (Wildman–Crippen MR) is 89.8 cm³/mol. The van der Waals surface area contributed by atoms with Crippen LogP contribution in [0.1, 0.15) is 28.2 Å². The SMILES string of the molecule is Cc1ncsc1C(=O)NCC1(O)CCCN(c2ccc(F)cn2)C1. The van der Waals surface area contributed by atoms with Crippen LogP contribution in [0.5, 0.6) is 0 Å². The van der Waals surface area contributed by atoms with E-state index >= 15 is 0 Å². The van der Waals surface area contributed by atoms with Gasteiger partial charge in [0.05, 0.1) is 23.0 Å². The maximum atomic E-state index is 13.0. The summed E-state index contributed by atoms with van der Waals surface area (Å²) < 4.78 is 13.0. The van der Waals surface area contributed by atoms with Crippen molar-refractivity contribution in [3.63, 3.8) is 0 Å². The highest BCUT2D eigenvalue weighted by Crippen LogP contribution is 2.24. The largest absolute Gasteiger partial charge is 0.386 e. The van der Waals surface area contributed by atoms with Gasteiger partial charge in [0.25, 0.3) is 5.91 Å². The van der Waals surface area contributed by atoms with Crippen LogP contribution in [0, 0.1) is 12.7 Å². The number of nitrogens with zero attached hydrogens (tertiary/aromatic N) is 3. The molecule has 1 fully saturated rings. The number of aryl methyl sites for hydroxylation is 1. The molecule has 2 N–H and O–H groups in total. The van der Waals surface area contributed by atoms with E-state index in [0.717, 1.165) is 19.2 Å². The van der Waals surface area contributed by atoms with Crippen LogP contribution >= 0.6 is 11.3 Å². The molecule has 128 valence electrons. The van der Waals surface area contributed by atoms with Gasteiger partial charge in [0.15, 0.2) is 0 Å². The number of piperidine rings is 1. The van der Waals surface area contributed by atoms with E-state index in [-0.39, 0.29) is 12.5 Å². The first-order valence-electron chi connectivity index (χ1n) is 7.74. The number of hydrogen-bond donors (Lipinski definition) is 2. The Morgan fingerprint density at radius 3 is 3.00 bits per heavy atom. The quantitative estimate of drug-likeness (QED) is 0.878. The van der Waals surface area contributed by atoms with E-state index in [1.807, 2.05) is 4.90 Å². The molecule has 1 saturated heterocycles. The molecule has 8 heteroatoms. The fourth-order valence-corrected chi connectivity index (χ4v) is 3.57. The standard InChI is InChI=1S/C16H19FN4O2S/c1-11-14(24-10-20-11)15(22)19-8-16(23)5-2-6-21(9-16)13-4-3-12(17)7-18-13/h3-4,7,10,23H,2,5-6,8-9H2,1H3,(H,19,22). The van der Waals surface area contributed by atoms with Gasteiger partial charge >= 0.3 is 0 Å². The Labute approximate surface area is 143 Å². The summed E-state index contributed by atoms with van der Waals surface area (Å²) in [5, 5.41) is 13.6. The average Bonchev–Trinajstić information content (AvgIpc) is 3.00. The van der Waals surface area contributed by atoms with Crippen molar-refractivity contribution in [3.8, 4) is 0 Å². The van der Waals surface area contributed by atoms with Gasteiger partial charge in [0.1, 0.15) is 16.5 Å². The molecule has 0 saturated carbocycles. The number of halogens is 1. The van der Waals surface area contributed by atoms with Gasteiger partial charge in [-0.15, -0.1) is 11.3 Å². The molecular formula is C16H19FN4O2S. The summed E-state index contributed by atoms with van der Waals surface area (Å²) in [4.78, 5) is 22.8. The second-order valence-electron chi connectivity index (χ2n) is 6.03. The van der Waals surface area contributed by atoms with Crippen molar-refractivity contribution < 1.29 is 14.3 Å². The minimum atomic E-state index is -1.04.